The number of aliphatic hydroxyl groups excluding tert-OH is 1. The molecular weight excluding hydrogens is 216 g/mol. The first-order valence-corrected chi connectivity index (χ1v) is 6.07. The van der Waals surface area contributed by atoms with Gasteiger partial charge in [0.25, 0.3) is 0 Å². The molecule has 1 aromatic rings. The van der Waals surface area contributed by atoms with Crippen LogP contribution in [0.2, 0.25) is 0 Å². The molecule has 1 atom stereocenters. The molecule has 0 aliphatic carbocycles. The lowest BCUT2D eigenvalue weighted by molar-refractivity contribution is -0.0246. The van der Waals surface area contributed by atoms with Gasteiger partial charge in [-0.15, -0.1) is 0 Å². The van der Waals surface area contributed by atoms with Gasteiger partial charge in [-0.3, -0.25) is 4.90 Å². The van der Waals surface area contributed by atoms with E-state index in [2.05, 4.69) is 6.58 Å². The number of nitrogens with two attached hydrogens (primary N) is 1. The highest BCUT2D eigenvalue weighted by molar-refractivity contribution is 5.58. The summed E-state index contributed by atoms with van der Waals surface area (Å²) in [5.74, 6) is 1.14. The number of hydrogen-bond acceptors (Lipinski definition) is 4. The Morgan fingerprint density at radius 2 is 2.12 bits per heavy atom. The van der Waals surface area contributed by atoms with Crippen LogP contribution in [0.25, 0.3) is 5.70 Å². The highest BCUT2D eigenvalue weighted by atomic mass is 16.4. The van der Waals surface area contributed by atoms with Crippen molar-refractivity contribution >= 4 is 5.70 Å². The second-order valence-corrected chi connectivity index (χ2v) is 4.66. The molecule has 0 aromatic carbocycles. The van der Waals surface area contributed by atoms with E-state index in [4.69, 9.17) is 10.2 Å². The van der Waals surface area contributed by atoms with Crippen LogP contribution in [0.3, 0.4) is 0 Å². The first-order chi connectivity index (χ1) is 8.09. The molecule has 0 bridgehead atoms. The summed E-state index contributed by atoms with van der Waals surface area (Å²) in [7, 11) is 0. The Hall–Kier alpha value is -1.26. The number of hydrogen-bond donors (Lipinski definition) is 2. The largest absolute Gasteiger partial charge is 0.455 e. The van der Waals surface area contributed by atoms with E-state index in [1.54, 1.807) is 0 Å². The van der Waals surface area contributed by atoms with Gasteiger partial charge in [0, 0.05) is 13.1 Å². The Labute approximate surface area is 102 Å². The summed E-state index contributed by atoms with van der Waals surface area (Å²) in [6.07, 6.45) is 2.84. The monoisotopic (exact) mass is 236 g/mol. The van der Waals surface area contributed by atoms with Crippen molar-refractivity contribution in [2.75, 3.05) is 13.1 Å². The van der Waals surface area contributed by atoms with Crippen LogP contribution >= 0.6 is 0 Å². The van der Waals surface area contributed by atoms with Crippen LogP contribution < -0.4 is 5.73 Å². The van der Waals surface area contributed by atoms with Gasteiger partial charge in [0.05, 0.1) is 5.70 Å². The molecule has 1 aromatic heterocycles. The van der Waals surface area contributed by atoms with Crippen molar-refractivity contribution < 1.29 is 9.52 Å². The quantitative estimate of drug-likeness (QED) is 0.842. The predicted molar refractivity (Wildman–Crippen MR) is 67.1 cm³/mol. The summed E-state index contributed by atoms with van der Waals surface area (Å²) in [5.41, 5.74) is 6.95. The fraction of sp³-hybridized carbons (Fsp3) is 0.538. The average molecular weight is 236 g/mol. The topological polar surface area (TPSA) is 62.6 Å². The summed E-state index contributed by atoms with van der Waals surface area (Å²) in [6, 6.07) is 1.84. The van der Waals surface area contributed by atoms with Gasteiger partial charge in [0.2, 0.25) is 0 Å². The van der Waals surface area contributed by atoms with Gasteiger partial charge in [0.15, 0.2) is 12.0 Å². The second kappa shape index (κ2) is 4.94. The number of piperidine rings is 1. The van der Waals surface area contributed by atoms with Gasteiger partial charge in [-0.05, 0) is 31.4 Å². The maximum Gasteiger partial charge on any atom is 0.166 e. The van der Waals surface area contributed by atoms with Gasteiger partial charge in [-0.25, -0.2) is 0 Å². The summed E-state index contributed by atoms with van der Waals surface area (Å²) in [4.78, 5) is 2.03. The van der Waals surface area contributed by atoms with E-state index in [1.165, 1.54) is 6.42 Å². The number of aryl methyl sites for hydroxylation is 1. The van der Waals surface area contributed by atoms with Crippen LogP contribution in [0.15, 0.2) is 17.1 Å². The Morgan fingerprint density at radius 1 is 1.47 bits per heavy atom. The minimum absolute atomic E-state index is 0.402. The van der Waals surface area contributed by atoms with Crippen molar-refractivity contribution in [1.29, 1.82) is 0 Å². The van der Waals surface area contributed by atoms with Crippen molar-refractivity contribution in [3.8, 4) is 0 Å². The normalized spacial score (nSPS) is 19.2. The third-order valence-electron chi connectivity index (χ3n) is 3.22. The summed E-state index contributed by atoms with van der Waals surface area (Å²) < 4.78 is 5.57. The van der Waals surface area contributed by atoms with E-state index in [-0.39, 0.29) is 0 Å². The van der Waals surface area contributed by atoms with E-state index in [0.717, 1.165) is 31.5 Å². The summed E-state index contributed by atoms with van der Waals surface area (Å²) in [6.45, 7) is 7.40. The van der Waals surface area contributed by atoms with E-state index < -0.39 is 6.23 Å². The third-order valence-corrected chi connectivity index (χ3v) is 3.22. The Bertz CT molecular complexity index is 406. The molecule has 1 unspecified atom stereocenters. The van der Waals surface area contributed by atoms with Crippen molar-refractivity contribution in [2.45, 2.75) is 32.4 Å². The summed E-state index contributed by atoms with van der Waals surface area (Å²) >= 11 is 0. The predicted octanol–water partition coefficient (Wildman–Crippen LogP) is 1.99. The molecule has 4 nitrogen and oxygen atoms in total. The molecule has 1 saturated heterocycles. The van der Waals surface area contributed by atoms with Crippen LogP contribution in [0.5, 0.6) is 0 Å². The Kier molecular flexibility index (Phi) is 3.54. The number of rotatable bonds is 3. The minimum Gasteiger partial charge on any atom is -0.455 e. The van der Waals surface area contributed by atoms with Crippen molar-refractivity contribution in [1.82, 2.24) is 4.90 Å². The maximum atomic E-state index is 10.2. The lowest BCUT2D eigenvalue weighted by Crippen LogP contribution is -2.33. The second-order valence-electron chi connectivity index (χ2n) is 4.66. The molecule has 0 radical (unpaired) electrons. The zero-order valence-electron chi connectivity index (χ0n) is 10.3. The Morgan fingerprint density at radius 3 is 2.65 bits per heavy atom. The van der Waals surface area contributed by atoms with E-state index in [9.17, 15) is 5.11 Å². The fourth-order valence-electron chi connectivity index (χ4n) is 2.30. The van der Waals surface area contributed by atoms with Crippen molar-refractivity contribution in [3.63, 3.8) is 0 Å². The van der Waals surface area contributed by atoms with Gasteiger partial charge in [-0.1, -0.05) is 13.0 Å². The molecule has 94 valence electrons. The fourth-order valence-corrected chi connectivity index (χ4v) is 2.30. The standard InChI is InChI=1S/C13H20N2O2/c1-9-8-11(17-12(9)10(2)14)13(16)15-6-4-3-5-7-15/h8,13,16H,2-7,14H2,1H3. The lowest BCUT2D eigenvalue weighted by Gasteiger charge is -2.29. The molecule has 17 heavy (non-hydrogen) atoms. The molecule has 0 spiro atoms. The van der Waals surface area contributed by atoms with Crippen LogP contribution in [0, 0.1) is 6.92 Å². The zero-order chi connectivity index (χ0) is 12.4. The molecule has 1 fully saturated rings. The molecular formula is C13H20N2O2. The van der Waals surface area contributed by atoms with Crippen LogP contribution in [-0.2, 0) is 0 Å². The highest BCUT2D eigenvalue weighted by Gasteiger charge is 2.23. The smallest absolute Gasteiger partial charge is 0.166 e. The molecule has 4 heteroatoms. The van der Waals surface area contributed by atoms with Crippen LogP contribution in [-0.4, -0.2) is 23.1 Å². The van der Waals surface area contributed by atoms with Crippen molar-refractivity contribution in [3.05, 3.63) is 29.7 Å². The molecule has 0 saturated carbocycles. The third kappa shape index (κ3) is 2.53. The summed E-state index contributed by atoms with van der Waals surface area (Å²) in [5, 5.41) is 10.2. The Balaban J connectivity index is 2.15. The molecule has 2 heterocycles. The van der Waals surface area contributed by atoms with Gasteiger partial charge >= 0.3 is 0 Å². The number of nitrogens with zero attached hydrogens (tertiary/aromatic N) is 1. The lowest BCUT2D eigenvalue weighted by atomic mass is 10.1. The van der Waals surface area contributed by atoms with Gasteiger partial charge < -0.3 is 15.3 Å². The molecule has 1 aliphatic heterocycles. The van der Waals surface area contributed by atoms with Gasteiger partial charge in [0.1, 0.15) is 5.76 Å². The van der Waals surface area contributed by atoms with E-state index in [0.29, 0.717) is 17.2 Å². The minimum atomic E-state index is -0.665. The van der Waals surface area contributed by atoms with E-state index >= 15 is 0 Å². The maximum absolute atomic E-state index is 10.2. The molecule has 2 rings (SSSR count). The average Bonchev–Trinajstić information content (AvgIpc) is 2.71. The first-order valence-electron chi connectivity index (χ1n) is 6.07. The molecule has 3 N–H and O–H groups in total. The molecule has 0 amide bonds. The van der Waals surface area contributed by atoms with Crippen LogP contribution in [0.1, 0.15) is 42.6 Å². The zero-order valence-corrected chi connectivity index (χ0v) is 10.3. The molecule has 1 aliphatic rings. The van der Waals surface area contributed by atoms with E-state index in [1.807, 2.05) is 17.9 Å². The number of likely N-dealkylation sites (tertiary alicyclic amines) is 1. The van der Waals surface area contributed by atoms with Crippen LogP contribution in [0.4, 0.5) is 0 Å². The first kappa shape index (κ1) is 12.2. The highest BCUT2D eigenvalue weighted by Crippen LogP contribution is 2.27. The number of aliphatic hydroxyl groups is 1. The van der Waals surface area contributed by atoms with Crippen molar-refractivity contribution in [2.24, 2.45) is 5.73 Å². The van der Waals surface area contributed by atoms with Gasteiger partial charge in [-0.2, -0.15) is 0 Å². The number of furan rings is 1. The SMILES string of the molecule is C=C(N)c1oc(C(O)N2CCCCC2)cc1C.